The maximum Gasteiger partial charge on any atom is 0.266 e. The van der Waals surface area contributed by atoms with Crippen molar-refractivity contribution in [2.24, 2.45) is 0 Å². The third-order valence-electron chi connectivity index (χ3n) is 5.94. The Balaban J connectivity index is 1.69. The number of imide groups is 1. The number of carbonyl (C=O) groups excluding carboxylic acids is 2. The highest BCUT2D eigenvalue weighted by atomic mass is 16.5. The van der Waals surface area contributed by atoms with Gasteiger partial charge in [-0.3, -0.25) is 9.59 Å². The number of rotatable bonds is 7. The Morgan fingerprint density at radius 2 is 1.34 bits per heavy atom. The largest absolute Gasteiger partial charge is 0.372 e. The Kier molecular flexibility index (Phi) is 6.24. The third-order valence-corrected chi connectivity index (χ3v) is 5.94. The molecule has 0 unspecified atom stereocenters. The molecular formula is C28H29NO3. The van der Waals surface area contributed by atoms with E-state index in [0.717, 1.165) is 27.9 Å². The molecule has 0 radical (unpaired) electrons. The second kappa shape index (κ2) is 9.09. The summed E-state index contributed by atoms with van der Waals surface area (Å²) in [6.07, 6.45) is 0. The predicted molar refractivity (Wildman–Crippen MR) is 127 cm³/mol. The molecule has 0 spiro atoms. The molecule has 0 N–H and O–H groups in total. The van der Waals surface area contributed by atoms with Crippen LogP contribution in [0.3, 0.4) is 0 Å². The van der Waals surface area contributed by atoms with Crippen LogP contribution < -0.4 is 4.90 Å². The van der Waals surface area contributed by atoms with Crippen LogP contribution >= 0.6 is 0 Å². The minimum atomic E-state index is -0.265. The second-order valence-corrected chi connectivity index (χ2v) is 8.86. The van der Waals surface area contributed by atoms with Gasteiger partial charge in [-0.25, -0.2) is 4.90 Å². The molecule has 0 fully saturated rings. The van der Waals surface area contributed by atoms with E-state index in [1.807, 2.05) is 60.7 Å². The number of anilines is 1. The van der Waals surface area contributed by atoms with E-state index in [9.17, 15) is 9.59 Å². The van der Waals surface area contributed by atoms with E-state index < -0.39 is 0 Å². The van der Waals surface area contributed by atoms with Gasteiger partial charge >= 0.3 is 0 Å². The summed E-state index contributed by atoms with van der Waals surface area (Å²) in [5, 5.41) is 0. The quantitative estimate of drug-likeness (QED) is 0.407. The van der Waals surface area contributed by atoms with Crippen LogP contribution in [0.15, 0.2) is 66.7 Å². The standard InChI is InChI=1S/C28H29NO3/c1-18(2)22-13-9-14-23(19(3)4)26(22)29-27(30)24-15-8-12-21(25(24)28(29)31)17-32-16-20-10-6-5-7-11-20/h5-15,18-19H,16-17H2,1-4H3. The molecule has 0 saturated heterocycles. The molecule has 0 saturated carbocycles. The van der Waals surface area contributed by atoms with E-state index in [1.165, 1.54) is 4.90 Å². The van der Waals surface area contributed by atoms with Gasteiger partial charge in [-0.2, -0.15) is 0 Å². The fourth-order valence-electron chi connectivity index (χ4n) is 4.30. The number of amides is 2. The molecule has 0 bridgehead atoms. The van der Waals surface area contributed by atoms with Crippen LogP contribution in [0, 0.1) is 0 Å². The van der Waals surface area contributed by atoms with Crippen LogP contribution in [0.1, 0.15) is 82.5 Å². The van der Waals surface area contributed by atoms with Crippen molar-refractivity contribution in [3.63, 3.8) is 0 Å². The van der Waals surface area contributed by atoms with Gasteiger partial charge in [0.2, 0.25) is 0 Å². The van der Waals surface area contributed by atoms with Gasteiger partial charge in [-0.05, 0) is 40.2 Å². The van der Waals surface area contributed by atoms with Crippen molar-refractivity contribution in [2.45, 2.75) is 52.7 Å². The predicted octanol–water partition coefficient (Wildman–Crippen LogP) is 6.45. The van der Waals surface area contributed by atoms with Crippen LogP contribution in [0.5, 0.6) is 0 Å². The molecule has 32 heavy (non-hydrogen) atoms. The van der Waals surface area contributed by atoms with E-state index in [1.54, 1.807) is 6.07 Å². The SMILES string of the molecule is CC(C)c1cccc(C(C)C)c1N1C(=O)c2cccc(COCc3ccccc3)c2C1=O. The molecule has 3 aromatic rings. The fourth-order valence-corrected chi connectivity index (χ4v) is 4.30. The molecule has 0 atom stereocenters. The number of benzene rings is 3. The first-order valence-corrected chi connectivity index (χ1v) is 11.1. The number of para-hydroxylation sites is 1. The van der Waals surface area contributed by atoms with Gasteiger partial charge in [-0.1, -0.05) is 88.4 Å². The zero-order valence-corrected chi connectivity index (χ0v) is 19.1. The van der Waals surface area contributed by atoms with E-state index in [4.69, 9.17) is 4.74 Å². The summed E-state index contributed by atoms with van der Waals surface area (Å²) in [6, 6.07) is 21.4. The molecule has 0 aliphatic carbocycles. The highest BCUT2D eigenvalue weighted by molar-refractivity contribution is 6.35. The maximum absolute atomic E-state index is 13.7. The first-order chi connectivity index (χ1) is 15.4. The minimum Gasteiger partial charge on any atom is -0.372 e. The average molecular weight is 428 g/mol. The maximum atomic E-state index is 13.7. The normalized spacial score (nSPS) is 13.4. The van der Waals surface area contributed by atoms with Crippen LogP contribution in [0.25, 0.3) is 0 Å². The molecule has 1 aliphatic heterocycles. The molecule has 1 heterocycles. The molecule has 2 amide bonds. The minimum absolute atomic E-state index is 0.182. The topological polar surface area (TPSA) is 46.6 Å². The Bertz CT molecular complexity index is 1120. The van der Waals surface area contributed by atoms with Gasteiger partial charge in [0.15, 0.2) is 0 Å². The van der Waals surface area contributed by atoms with Crippen molar-refractivity contribution in [3.05, 3.63) is 100 Å². The molecule has 3 aromatic carbocycles. The second-order valence-electron chi connectivity index (χ2n) is 8.86. The number of ether oxygens (including phenoxy) is 1. The lowest BCUT2D eigenvalue weighted by Gasteiger charge is -2.25. The van der Waals surface area contributed by atoms with E-state index >= 15 is 0 Å². The summed E-state index contributed by atoms with van der Waals surface area (Å²) in [7, 11) is 0. The van der Waals surface area contributed by atoms with Crippen molar-refractivity contribution in [1.82, 2.24) is 0 Å². The number of fused-ring (bicyclic) bond motifs is 1. The summed E-state index contributed by atoms with van der Waals surface area (Å²) in [4.78, 5) is 28.5. The average Bonchev–Trinajstić information content (AvgIpc) is 3.04. The number of nitrogens with zero attached hydrogens (tertiary/aromatic N) is 1. The number of hydrogen-bond donors (Lipinski definition) is 0. The van der Waals surface area contributed by atoms with E-state index in [2.05, 4.69) is 27.7 Å². The van der Waals surface area contributed by atoms with Crippen molar-refractivity contribution >= 4 is 17.5 Å². The van der Waals surface area contributed by atoms with Crippen molar-refractivity contribution in [2.75, 3.05) is 4.90 Å². The Morgan fingerprint density at radius 1 is 0.719 bits per heavy atom. The molecule has 4 rings (SSSR count). The molecule has 1 aliphatic rings. The smallest absolute Gasteiger partial charge is 0.266 e. The molecule has 0 aromatic heterocycles. The number of hydrogen-bond acceptors (Lipinski definition) is 3. The first kappa shape index (κ1) is 22.0. The summed E-state index contributed by atoms with van der Waals surface area (Å²) in [5.74, 6) is -0.160. The van der Waals surface area contributed by atoms with E-state index in [-0.39, 0.29) is 30.3 Å². The zero-order chi connectivity index (χ0) is 22.8. The van der Waals surface area contributed by atoms with Gasteiger partial charge in [0.1, 0.15) is 0 Å². The van der Waals surface area contributed by atoms with Gasteiger partial charge in [0.05, 0.1) is 30.0 Å². The zero-order valence-electron chi connectivity index (χ0n) is 19.1. The Labute approximate surface area is 189 Å². The van der Waals surface area contributed by atoms with Crippen molar-refractivity contribution in [3.8, 4) is 0 Å². The molecule has 164 valence electrons. The molecular weight excluding hydrogens is 398 g/mol. The lowest BCUT2D eigenvalue weighted by atomic mass is 9.92. The van der Waals surface area contributed by atoms with Crippen molar-refractivity contribution < 1.29 is 14.3 Å². The first-order valence-electron chi connectivity index (χ1n) is 11.1. The molecule has 4 nitrogen and oxygen atoms in total. The Hall–Kier alpha value is -3.24. The van der Waals surface area contributed by atoms with E-state index in [0.29, 0.717) is 17.7 Å². The van der Waals surface area contributed by atoms with Gasteiger partial charge in [0.25, 0.3) is 11.8 Å². The summed E-state index contributed by atoms with van der Waals surface area (Å²) < 4.78 is 5.90. The van der Waals surface area contributed by atoms with Crippen LogP contribution in [-0.2, 0) is 18.0 Å². The fraction of sp³-hybridized carbons (Fsp3) is 0.286. The van der Waals surface area contributed by atoms with Crippen LogP contribution in [0.2, 0.25) is 0 Å². The highest BCUT2D eigenvalue weighted by Gasteiger charge is 2.40. The monoisotopic (exact) mass is 427 g/mol. The third kappa shape index (κ3) is 3.98. The highest BCUT2D eigenvalue weighted by Crippen LogP contribution is 2.40. The van der Waals surface area contributed by atoms with Crippen LogP contribution in [0.4, 0.5) is 5.69 Å². The van der Waals surface area contributed by atoms with Gasteiger partial charge in [-0.15, -0.1) is 0 Å². The van der Waals surface area contributed by atoms with Crippen molar-refractivity contribution in [1.29, 1.82) is 0 Å². The Morgan fingerprint density at radius 3 is 1.97 bits per heavy atom. The number of carbonyl (C=O) groups is 2. The lowest BCUT2D eigenvalue weighted by Crippen LogP contribution is -2.32. The molecule has 4 heteroatoms. The summed E-state index contributed by atoms with van der Waals surface area (Å²) >= 11 is 0. The summed E-state index contributed by atoms with van der Waals surface area (Å²) in [5.41, 5.74) is 5.46. The van der Waals surface area contributed by atoms with Gasteiger partial charge < -0.3 is 4.74 Å². The van der Waals surface area contributed by atoms with Crippen LogP contribution in [-0.4, -0.2) is 11.8 Å². The summed E-state index contributed by atoms with van der Waals surface area (Å²) in [6.45, 7) is 9.07. The lowest BCUT2D eigenvalue weighted by molar-refractivity contribution is 0.0917. The van der Waals surface area contributed by atoms with Gasteiger partial charge in [0, 0.05) is 0 Å².